The molecule has 0 amide bonds. The normalized spacial score (nSPS) is 12.3. The van der Waals surface area contributed by atoms with Gasteiger partial charge in [0.25, 0.3) is 0 Å². The van der Waals surface area contributed by atoms with Crippen molar-refractivity contribution in [3.05, 3.63) is 51.5 Å². The van der Waals surface area contributed by atoms with Gasteiger partial charge < -0.3 is 10.4 Å². The number of nitrogens with zero attached hydrogens (tertiary/aromatic N) is 1. The predicted molar refractivity (Wildman–Crippen MR) is 80.1 cm³/mol. The molecule has 0 saturated heterocycles. The van der Waals surface area contributed by atoms with Crippen molar-refractivity contribution in [1.82, 2.24) is 10.3 Å². The smallest absolute Gasteiger partial charge is 0.335 e. The van der Waals surface area contributed by atoms with Crippen molar-refractivity contribution in [1.29, 1.82) is 0 Å². The highest BCUT2D eigenvalue weighted by Crippen LogP contribution is 2.17. The quantitative estimate of drug-likeness (QED) is 0.857. The van der Waals surface area contributed by atoms with Crippen LogP contribution in [0.4, 0.5) is 0 Å². The average molecular weight is 290 g/mol. The number of hydrogen-bond donors (Lipinski definition) is 2. The zero-order chi connectivity index (χ0) is 14.5. The van der Waals surface area contributed by atoms with Crippen LogP contribution in [0.3, 0.4) is 0 Å². The lowest BCUT2D eigenvalue weighted by atomic mass is 10.1. The molecule has 1 aromatic heterocycles. The fourth-order valence-corrected chi connectivity index (χ4v) is 2.67. The molecule has 0 aliphatic rings. The van der Waals surface area contributed by atoms with Gasteiger partial charge in [-0.25, -0.2) is 9.78 Å². The lowest BCUT2D eigenvalue weighted by Gasteiger charge is -2.11. The van der Waals surface area contributed by atoms with E-state index in [0.717, 1.165) is 22.7 Å². The molecule has 1 atom stereocenters. The summed E-state index contributed by atoms with van der Waals surface area (Å²) in [5.41, 5.74) is 2.44. The standard InChI is InChI=1S/C15H18N2O2S/c1-3-14-17-13(9-20-14)10(2)16-8-11-4-6-12(7-5-11)15(18)19/h4-7,9-10,16H,3,8H2,1-2H3,(H,18,19). The third-order valence-electron chi connectivity index (χ3n) is 3.13. The van der Waals surface area contributed by atoms with Gasteiger partial charge in [0.1, 0.15) is 0 Å². The topological polar surface area (TPSA) is 62.2 Å². The Kier molecular flexibility index (Phi) is 4.87. The fourth-order valence-electron chi connectivity index (χ4n) is 1.83. The highest BCUT2D eigenvalue weighted by atomic mass is 32.1. The molecular formula is C15H18N2O2S. The molecule has 0 aliphatic heterocycles. The van der Waals surface area contributed by atoms with Gasteiger partial charge >= 0.3 is 5.97 Å². The maximum absolute atomic E-state index is 10.8. The third kappa shape index (κ3) is 3.65. The van der Waals surface area contributed by atoms with Gasteiger partial charge in [0.2, 0.25) is 0 Å². The number of aromatic carboxylic acids is 1. The van der Waals surface area contributed by atoms with E-state index < -0.39 is 5.97 Å². The number of aryl methyl sites for hydroxylation is 1. The molecule has 0 spiro atoms. The number of carboxylic acids is 1. The summed E-state index contributed by atoms with van der Waals surface area (Å²) < 4.78 is 0. The summed E-state index contributed by atoms with van der Waals surface area (Å²) in [4.78, 5) is 15.3. The fraction of sp³-hybridized carbons (Fsp3) is 0.333. The molecule has 1 aromatic carbocycles. The van der Waals surface area contributed by atoms with Gasteiger partial charge in [-0.05, 0) is 31.0 Å². The minimum absolute atomic E-state index is 0.186. The zero-order valence-corrected chi connectivity index (χ0v) is 12.4. The van der Waals surface area contributed by atoms with E-state index in [4.69, 9.17) is 5.11 Å². The van der Waals surface area contributed by atoms with Crippen molar-refractivity contribution in [2.45, 2.75) is 32.9 Å². The first-order chi connectivity index (χ1) is 9.60. The second kappa shape index (κ2) is 6.63. The molecule has 1 unspecified atom stereocenters. The summed E-state index contributed by atoms with van der Waals surface area (Å²) in [5, 5.41) is 15.5. The van der Waals surface area contributed by atoms with E-state index in [2.05, 4.69) is 29.5 Å². The van der Waals surface area contributed by atoms with Crippen molar-refractivity contribution in [3.8, 4) is 0 Å². The molecule has 0 fully saturated rings. The van der Waals surface area contributed by atoms with Gasteiger partial charge in [-0.2, -0.15) is 0 Å². The Hall–Kier alpha value is -1.72. The van der Waals surface area contributed by atoms with Gasteiger partial charge in [0.05, 0.1) is 16.3 Å². The number of aromatic nitrogens is 1. The van der Waals surface area contributed by atoms with Crippen molar-refractivity contribution in [2.24, 2.45) is 0 Å². The molecule has 2 N–H and O–H groups in total. The second-order valence-corrected chi connectivity index (χ2v) is 5.57. The van der Waals surface area contributed by atoms with Crippen LogP contribution in [-0.4, -0.2) is 16.1 Å². The number of benzene rings is 1. The molecule has 20 heavy (non-hydrogen) atoms. The molecule has 5 heteroatoms. The molecule has 106 valence electrons. The molecule has 1 heterocycles. The first-order valence-corrected chi connectivity index (χ1v) is 7.48. The van der Waals surface area contributed by atoms with Crippen LogP contribution in [0.5, 0.6) is 0 Å². The van der Waals surface area contributed by atoms with E-state index in [1.807, 2.05) is 12.1 Å². The summed E-state index contributed by atoms with van der Waals surface area (Å²) in [6.07, 6.45) is 0.966. The van der Waals surface area contributed by atoms with E-state index in [0.29, 0.717) is 12.1 Å². The first-order valence-electron chi connectivity index (χ1n) is 6.60. The summed E-state index contributed by atoms with van der Waals surface area (Å²) >= 11 is 1.69. The van der Waals surface area contributed by atoms with Crippen LogP contribution in [0.2, 0.25) is 0 Å². The molecule has 0 saturated carbocycles. The van der Waals surface area contributed by atoms with Crippen LogP contribution in [-0.2, 0) is 13.0 Å². The molecule has 0 radical (unpaired) electrons. The van der Waals surface area contributed by atoms with E-state index in [-0.39, 0.29) is 6.04 Å². The van der Waals surface area contributed by atoms with Gasteiger partial charge in [-0.3, -0.25) is 0 Å². The summed E-state index contributed by atoms with van der Waals surface area (Å²) in [7, 11) is 0. The molecule has 0 aliphatic carbocycles. The van der Waals surface area contributed by atoms with Gasteiger partial charge in [0, 0.05) is 18.0 Å². The zero-order valence-electron chi connectivity index (χ0n) is 11.6. The Bertz CT molecular complexity index is 578. The Labute approximate surface area is 122 Å². The number of nitrogens with one attached hydrogen (secondary N) is 1. The minimum atomic E-state index is -0.896. The highest BCUT2D eigenvalue weighted by Gasteiger charge is 2.09. The van der Waals surface area contributed by atoms with Crippen LogP contribution in [0.15, 0.2) is 29.6 Å². The van der Waals surface area contributed by atoms with Crippen LogP contribution in [0.25, 0.3) is 0 Å². The first kappa shape index (κ1) is 14.7. The summed E-state index contributed by atoms with van der Waals surface area (Å²) in [6, 6.07) is 7.11. The number of rotatable bonds is 6. The monoisotopic (exact) mass is 290 g/mol. The van der Waals surface area contributed by atoms with Crippen molar-refractivity contribution < 1.29 is 9.90 Å². The molecule has 2 aromatic rings. The predicted octanol–water partition coefficient (Wildman–Crippen LogP) is 3.25. The Morgan fingerprint density at radius 1 is 1.40 bits per heavy atom. The average Bonchev–Trinajstić information content (AvgIpc) is 2.94. The highest BCUT2D eigenvalue weighted by molar-refractivity contribution is 7.09. The summed E-state index contributed by atoms with van der Waals surface area (Å²) in [5.74, 6) is -0.896. The maximum atomic E-state index is 10.8. The van der Waals surface area contributed by atoms with Crippen molar-refractivity contribution in [3.63, 3.8) is 0 Å². The van der Waals surface area contributed by atoms with Crippen molar-refractivity contribution in [2.75, 3.05) is 0 Å². The van der Waals surface area contributed by atoms with Crippen LogP contribution in [0, 0.1) is 0 Å². The number of carbonyl (C=O) groups is 1. The van der Waals surface area contributed by atoms with Gasteiger partial charge in [0.15, 0.2) is 0 Å². The molecule has 0 bridgehead atoms. The van der Waals surface area contributed by atoms with Crippen LogP contribution < -0.4 is 5.32 Å². The largest absolute Gasteiger partial charge is 0.478 e. The minimum Gasteiger partial charge on any atom is -0.478 e. The second-order valence-electron chi connectivity index (χ2n) is 4.62. The van der Waals surface area contributed by atoms with E-state index in [1.165, 1.54) is 0 Å². The number of hydrogen-bond acceptors (Lipinski definition) is 4. The Morgan fingerprint density at radius 3 is 2.65 bits per heavy atom. The van der Waals surface area contributed by atoms with Crippen LogP contribution >= 0.6 is 11.3 Å². The molecule has 4 nitrogen and oxygen atoms in total. The van der Waals surface area contributed by atoms with Gasteiger partial charge in [-0.15, -0.1) is 11.3 Å². The van der Waals surface area contributed by atoms with E-state index in [9.17, 15) is 4.79 Å². The molecular weight excluding hydrogens is 272 g/mol. The van der Waals surface area contributed by atoms with Crippen molar-refractivity contribution >= 4 is 17.3 Å². The molecule has 2 rings (SSSR count). The van der Waals surface area contributed by atoms with Gasteiger partial charge in [-0.1, -0.05) is 19.1 Å². The van der Waals surface area contributed by atoms with Crippen LogP contribution in [0.1, 0.15) is 46.5 Å². The lowest BCUT2D eigenvalue weighted by molar-refractivity contribution is 0.0697. The SMILES string of the molecule is CCc1nc(C(C)NCc2ccc(C(=O)O)cc2)cs1. The number of carboxylic acid groups (broad SMARTS) is 1. The van der Waals surface area contributed by atoms with E-state index in [1.54, 1.807) is 23.5 Å². The maximum Gasteiger partial charge on any atom is 0.335 e. The number of thiazole rings is 1. The Balaban J connectivity index is 1.92. The lowest BCUT2D eigenvalue weighted by Crippen LogP contribution is -2.18. The third-order valence-corrected chi connectivity index (χ3v) is 4.14. The van der Waals surface area contributed by atoms with E-state index >= 15 is 0 Å². The summed E-state index contributed by atoms with van der Waals surface area (Å²) in [6.45, 7) is 4.88. The Morgan fingerprint density at radius 2 is 2.10 bits per heavy atom.